The Morgan fingerprint density at radius 2 is 2.24 bits per heavy atom. The summed E-state index contributed by atoms with van der Waals surface area (Å²) < 4.78 is 5.52. The lowest BCUT2D eigenvalue weighted by Crippen LogP contribution is -2.15. The molecule has 0 unspecified atom stereocenters. The van der Waals surface area contributed by atoms with Gasteiger partial charge in [-0.1, -0.05) is 19.3 Å². The molecule has 1 fully saturated rings. The quantitative estimate of drug-likeness (QED) is 0.769. The van der Waals surface area contributed by atoms with Gasteiger partial charge in [0.25, 0.3) is 0 Å². The molecule has 0 bridgehead atoms. The van der Waals surface area contributed by atoms with Crippen LogP contribution in [0.25, 0.3) is 0 Å². The van der Waals surface area contributed by atoms with Crippen molar-refractivity contribution < 1.29 is 14.6 Å². The Balaban J connectivity index is 1.96. The van der Waals surface area contributed by atoms with Crippen LogP contribution in [0.1, 0.15) is 36.0 Å². The molecule has 4 heteroatoms. The average molecular weight is 235 g/mol. The largest absolute Gasteiger partial charge is 0.493 e. The summed E-state index contributed by atoms with van der Waals surface area (Å²) in [6.07, 6.45) is 4.87. The summed E-state index contributed by atoms with van der Waals surface area (Å²) in [5.41, 5.74) is 6.13. The van der Waals surface area contributed by atoms with Crippen molar-refractivity contribution in [2.24, 2.45) is 5.92 Å². The summed E-state index contributed by atoms with van der Waals surface area (Å²) in [6.45, 7) is 0.578. The normalized spacial score (nSPS) is 15.3. The number of nitrogen functional groups attached to an aromatic ring is 1. The molecule has 3 N–H and O–H groups in total. The fourth-order valence-electron chi connectivity index (χ4n) is 1.96. The van der Waals surface area contributed by atoms with E-state index >= 15 is 0 Å². The number of ether oxygens (including phenoxy) is 1. The van der Waals surface area contributed by atoms with Gasteiger partial charge in [0.2, 0.25) is 0 Å². The second kappa shape index (κ2) is 5.08. The van der Waals surface area contributed by atoms with Gasteiger partial charge in [0.1, 0.15) is 11.3 Å². The molecule has 92 valence electrons. The van der Waals surface area contributed by atoms with E-state index < -0.39 is 5.97 Å². The third kappa shape index (κ3) is 2.90. The van der Waals surface area contributed by atoms with Crippen LogP contribution >= 0.6 is 0 Å². The Hall–Kier alpha value is -1.71. The Labute approximate surface area is 100 Å². The molecule has 0 saturated heterocycles. The third-order valence-corrected chi connectivity index (χ3v) is 3.24. The van der Waals surface area contributed by atoms with Gasteiger partial charge in [-0.2, -0.15) is 0 Å². The van der Waals surface area contributed by atoms with Gasteiger partial charge in [-0.25, -0.2) is 4.79 Å². The van der Waals surface area contributed by atoms with Crippen molar-refractivity contribution >= 4 is 11.7 Å². The van der Waals surface area contributed by atoms with Crippen LogP contribution in [0.5, 0.6) is 5.75 Å². The van der Waals surface area contributed by atoms with Gasteiger partial charge in [0.05, 0.1) is 6.61 Å². The van der Waals surface area contributed by atoms with Crippen molar-refractivity contribution in [2.45, 2.75) is 25.7 Å². The van der Waals surface area contributed by atoms with E-state index in [9.17, 15) is 4.79 Å². The third-order valence-electron chi connectivity index (χ3n) is 3.24. The highest BCUT2D eigenvalue weighted by Gasteiger charge is 2.18. The molecule has 0 atom stereocenters. The second-order valence-corrected chi connectivity index (χ2v) is 4.49. The number of benzene rings is 1. The zero-order valence-electron chi connectivity index (χ0n) is 9.69. The molecule has 0 spiro atoms. The average Bonchev–Trinajstić information content (AvgIpc) is 2.23. The number of hydrogen-bond acceptors (Lipinski definition) is 3. The molecule has 2 rings (SSSR count). The maximum absolute atomic E-state index is 11.0. The van der Waals surface area contributed by atoms with Gasteiger partial charge in [0, 0.05) is 5.69 Å². The van der Waals surface area contributed by atoms with Crippen molar-refractivity contribution in [3.8, 4) is 5.75 Å². The van der Waals surface area contributed by atoms with E-state index in [1.165, 1.54) is 25.3 Å². The number of carbonyl (C=O) groups is 1. The lowest BCUT2D eigenvalue weighted by atomic mass is 9.83. The van der Waals surface area contributed by atoms with Crippen LogP contribution in [0.2, 0.25) is 0 Å². The standard InChI is InChI=1S/C13H17NO3/c14-10-4-5-12(11(8-10)13(15)16)17-7-6-9-2-1-3-9/h4-5,8-9H,1-3,6-7,14H2,(H,15,16). The van der Waals surface area contributed by atoms with Crippen LogP contribution in [0.4, 0.5) is 5.69 Å². The first-order valence-corrected chi connectivity index (χ1v) is 5.92. The summed E-state index contributed by atoms with van der Waals surface area (Å²) in [6, 6.07) is 4.71. The molecular formula is C13H17NO3. The minimum absolute atomic E-state index is 0.138. The lowest BCUT2D eigenvalue weighted by molar-refractivity contribution is 0.0691. The molecule has 0 heterocycles. The Morgan fingerprint density at radius 3 is 2.82 bits per heavy atom. The Kier molecular flexibility index (Phi) is 3.52. The molecule has 0 aromatic heterocycles. The van der Waals surface area contributed by atoms with Gasteiger partial charge in [-0.05, 0) is 30.5 Å². The summed E-state index contributed by atoms with van der Waals surface area (Å²) in [5, 5.41) is 9.02. The number of anilines is 1. The van der Waals surface area contributed by atoms with Gasteiger partial charge >= 0.3 is 5.97 Å². The molecule has 0 amide bonds. The maximum atomic E-state index is 11.0. The highest BCUT2D eigenvalue weighted by Crippen LogP contribution is 2.30. The molecule has 1 aromatic carbocycles. The summed E-state index contributed by atoms with van der Waals surface area (Å²) in [5.74, 6) is 0.166. The predicted molar refractivity (Wildman–Crippen MR) is 65.3 cm³/mol. The monoisotopic (exact) mass is 235 g/mol. The molecule has 0 aliphatic heterocycles. The van der Waals surface area contributed by atoms with E-state index in [4.69, 9.17) is 15.6 Å². The number of carboxylic acids is 1. The van der Waals surface area contributed by atoms with E-state index in [-0.39, 0.29) is 5.56 Å². The van der Waals surface area contributed by atoms with Crippen molar-refractivity contribution in [1.29, 1.82) is 0 Å². The molecule has 17 heavy (non-hydrogen) atoms. The van der Waals surface area contributed by atoms with Gasteiger partial charge in [0.15, 0.2) is 0 Å². The number of rotatable bonds is 5. The van der Waals surface area contributed by atoms with E-state index in [2.05, 4.69) is 0 Å². The number of carboxylic acid groups (broad SMARTS) is 1. The van der Waals surface area contributed by atoms with E-state index in [1.54, 1.807) is 12.1 Å². The van der Waals surface area contributed by atoms with Crippen LogP contribution in [-0.4, -0.2) is 17.7 Å². The Morgan fingerprint density at radius 1 is 1.47 bits per heavy atom. The lowest BCUT2D eigenvalue weighted by Gasteiger charge is -2.25. The van der Waals surface area contributed by atoms with E-state index in [0.717, 1.165) is 12.3 Å². The zero-order valence-corrected chi connectivity index (χ0v) is 9.69. The first-order chi connectivity index (χ1) is 8.16. The smallest absolute Gasteiger partial charge is 0.339 e. The first-order valence-electron chi connectivity index (χ1n) is 5.92. The van der Waals surface area contributed by atoms with E-state index in [0.29, 0.717) is 18.0 Å². The van der Waals surface area contributed by atoms with Crippen LogP contribution in [0.3, 0.4) is 0 Å². The fraction of sp³-hybridized carbons (Fsp3) is 0.462. The minimum atomic E-state index is -1.00. The SMILES string of the molecule is Nc1ccc(OCCC2CCC2)c(C(=O)O)c1. The van der Waals surface area contributed by atoms with Crippen molar-refractivity contribution in [1.82, 2.24) is 0 Å². The van der Waals surface area contributed by atoms with Crippen LogP contribution in [0.15, 0.2) is 18.2 Å². The number of aromatic carboxylic acids is 1. The predicted octanol–water partition coefficient (Wildman–Crippen LogP) is 2.54. The fourth-order valence-corrected chi connectivity index (χ4v) is 1.96. The summed E-state index contributed by atoms with van der Waals surface area (Å²) in [4.78, 5) is 11.0. The number of nitrogens with two attached hydrogens (primary N) is 1. The molecule has 0 radical (unpaired) electrons. The van der Waals surface area contributed by atoms with Crippen molar-refractivity contribution in [3.05, 3.63) is 23.8 Å². The van der Waals surface area contributed by atoms with Crippen molar-refractivity contribution in [2.75, 3.05) is 12.3 Å². The van der Waals surface area contributed by atoms with Crippen LogP contribution < -0.4 is 10.5 Å². The second-order valence-electron chi connectivity index (χ2n) is 4.49. The van der Waals surface area contributed by atoms with Gasteiger partial charge in [-0.15, -0.1) is 0 Å². The van der Waals surface area contributed by atoms with Crippen LogP contribution in [-0.2, 0) is 0 Å². The highest BCUT2D eigenvalue weighted by molar-refractivity contribution is 5.92. The van der Waals surface area contributed by atoms with Crippen LogP contribution in [0, 0.1) is 5.92 Å². The summed E-state index contributed by atoms with van der Waals surface area (Å²) in [7, 11) is 0. The molecule has 1 aliphatic rings. The van der Waals surface area contributed by atoms with Gasteiger partial charge in [-0.3, -0.25) is 0 Å². The first kappa shape index (κ1) is 11.8. The van der Waals surface area contributed by atoms with Gasteiger partial charge < -0.3 is 15.6 Å². The molecular weight excluding hydrogens is 218 g/mol. The maximum Gasteiger partial charge on any atom is 0.339 e. The molecule has 1 saturated carbocycles. The van der Waals surface area contributed by atoms with E-state index in [1.807, 2.05) is 0 Å². The zero-order chi connectivity index (χ0) is 12.3. The summed E-state index contributed by atoms with van der Waals surface area (Å²) >= 11 is 0. The number of hydrogen-bond donors (Lipinski definition) is 2. The molecule has 4 nitrogen and oxygen atoms in total. The molecule has 1 aliphatic carbocycles. The molecule has 1 aromatic rings. The minimum Gasteiger partial charge on any atom is -0.493 e. The highest BCUT2D eigenvalue weighted by atomic mass is 16.5. The Bertz CT molecular complexity index is 413. The van der Waals surface area contributed by atoms with Crippen molar-refractivity contribution in [3.63, 3.8) is 0 Å². The topological polar surface area (TPSA) is 72.5 Å².